The minimum Gasteiger partial charge on any atom is -0.385 e. The molecular weight excluding hydrogens is 244 g/mol. The highest BCUT2D eigenvalue weighted by atomic mass is 35.5. The van der Waals surface area contributed by atoms with E-state index in [1.807, 2.05) is 0 Å². The van der Waals surface area contributed by atoms with Gasteiger partial charge in [0.25, 0.3) is 0 Å². The van der Waals surface area contributed by atoms with Crippen molar-refractivity contribution in [2.45, 2.75) is 52.1 Å². The quantitative estimate of drug-likeness (QED) is 0.585. The van der Waals surface area contributed by atoms with E-state index in [1.165, 1.54) is 24.0 Å². The van der Waals surface area contributed by atoms with Gasteiger partial charge >= 0.3 is 0 Å². The van der Waals surface area contributed by atoms with Gasteiger partial charge in [-0.25, -0.2) is 0 Å². The van der Waals surface area contributed by atoms with Crippen molar-refractivity contribution >= 4 is 11.6 Å². The van der Waals surface area contributed by atoms with Crippen LogP contribution in [0.2, 0.25) is 0 Å². The molecular formula is C16H25ClO. The van der Waals surface area contributed by atoms with Crippen LogP contribution >= 0.6 is 11.6 Å². The van der Waals surface area contributed by atoms with E-state index in [1.54, 1.807) is 0 Å². The number of alkyl halides is 1. The minimum absolute atomic E-state index is 0.222. The van der Waals surface area contributed by atoms with Crippen molar-refractivity contribution < 1.29 is 5.11 Å². The Morgan fingerprint density at radius 3 is 2.78 bits per heavy atom. The summed E-state index contributed by atoms with van der Waals surface area (Å²) in [6.45, 7) is 10.9. The molecule has 0 aromatic carbocycles. The number of halogens is 1. The van der Waals surface area contributed by atoms with E-state index in [-0.39, 0.29) is 5.41 Å². The standard InChI is InChI=1S/C16H25ClO/c1-11(2)13-5-6-14-9-16(18,10-17)7-12(3)15(14,4)8-13/h9,12-13,18H,1,5-8,10H2,2-4H3/t12-,13?,15+,16+/m1/s1. The number of fused-ring (bicyclic) bond motifs is 1. The largest absolute Gasteiger partial charge is 0.385 e. The molecule has 1 N–H and O–H groups in total. The van der Waals surface area contributed by atoms with Gasteiger partial charge in [-0.15, -0.1) is 11.6 Å². The third-order valence-electron chi connectivity index (χ3n) is 5.28. The molecule has 102 valence electrons. The van der Waals surface area contributed by atoms with Crippen molar-refractivity contribution in [1.82, 2.24) is 0 Å². The first kappa shape index (κ1) is 14.1. The maximum Gasteiger partial charge on any atom is 0.0968 e. The van der Waals surface area contributed by atoms with Gasteiger partial charge in [0.1, 0.15) is 0 Å². The molecule has 0 heterocycles. The first-order chi connectivity index (χ1) is 8.31. The molecule has 0 spiro atoms. The lowest BCUT2D eigenvalue weighted by Crippen LogP contribution is -2.45. The van der Waals surface area contributed by atoms with Crippen LogP contribution in [-0.4, -0.2) is 16.6 Å². The first-order valence-corrected chi connectivity index (χ1v) is 7.50. The van der Waals surface area contributed by atoms with Crippen molar-refractivity contribution in [3.8, 4) is 0 Å². The molecule has 2 aliphatic rings. The molecule has 0 saturated heterocycles. The fourth-order valence-corrected chi connectivity index (χ4v) is 3.95. The lowest BCUT2D eigenvalue weighted by Gasteiger charge is -2.50. The summed E-state index contributed by atoms with van der Waals surface area (Å²) in [6, 6.07) is 0. The molecule has 2 rings (SSSR count). The second-order valence-corrected chi connectivity index (χ2v) is 6.98. The zero-order valence-corrected chi connectivity index (χ0v) is 12.6. The van der Waals surface area contributed by atoms with Crippen LogP contribution in [0.3, 0.4) is 0 Å². The van der Waals surface area contributed by atoms with Crippen LogP contribution in [0.5, 0.6) is 0 Å². The Labute approximate surface area is 116 Å². The van der Waals surface area contributed by atoms with E-state index >= 15 is 0 Å². The molecule has 0 aliphatic heterocycles. The average Bonchev–Trinajstić information content (AvgIpc) is 2.30. The van der Waals surface area contributed by atoms with Gasteiger partial charge in [-0.3, -0.25) is 0 Å². The van der Waals surface area contributed by atoms with Crippen LogP contribution in [-0.2, 0) is 0 Å². The molecule has 0 aromatic rings. The van der Waals surface area contributed by atoms with Crippen molar-refractivity contribution in [2.75, 3.05) is 5.88 Å². The van der Waals surface area contributed by atoms with E-state index in [9.17, 15) is 5.11 Å². The van der Waals surface area contributed by atoms with Crippen LogP contribution < -0.4 is 0 Å². The second-order valence-electron chi connectivity index (χ2n) is 6.72. The monoisotopic (exact) mass is 268 g/mol. The van der Waals surface area contributed by atoms with E-state index in [2.05, 4.69) is 33.4 Å². The molecule has 0 aromatic heterocycles. The zero-order chi connectivity index (χ0) is 13.6. The highest BCUT2D eigenvalue weighted by Gasteiger charge is 2.47. The highest BCUT2D eigenvalue weighted by molar-refractivity contribution is 6.18. The van der Waals surface area contributed by atoms with Crippen molar-refractivity contribution in [1.29, 1.82) is 0 Å². The van der Waals surface area contributed by atoms with Crippen LogP contribution in [0.1, 0.15) is 46.5 Å². The van der Waals surface area contributed by atoms with Crippen LogP contribution in [0.25, 0.3) is 0 Å². The van der Waals surface area contributed by atoms with E-state index in [0.717, 1.165) is 12.8 Å². The Morgan fingerprint density at radius 2 is 2.22 bits per heavy atom. The van der Waals surface area contributed by atoms with E-state index in [0.29, 0.717) is 17.7 Å². The second kappa shape index (κ2) is 4.68. The Morgan fingerprint density at radius 1 is 1.56 bits per heavy atom. The lowest BCUT2D eigenvalue weighted by molar-refractivity contribution is 0.0282. The molecule has 4 atom stereocenters. The van der Waals surface area contributed by atoms with Crippen LogP contribution in [0.4, 0.5) is 0 Å². The summed E-state index contributed by atoms with van der Waals surface area (Å²) >= 11 is 5.93. The first-order valence-electron chi connectivity index (χ1n) is 6.97. The average molecular weight is 269 g/mol. The number of hydrogen-bond donors (Lipinski definition) is 1. The number of allylic oxidation sites excluding steroid dienone is 2. The van der Waals surface area contributed by atoms with Gasteiger partial charge in [0.2, 0.25) is 0 Å². The minimum atomic E-state index is -0.786. The zero-order valence-electron chi connectivity index (χ0n) is 11.8. The summed E-state index contributed by atoms with van der Waals surface area (Å²) in [5.74, 6) is 1.42. The number of rotatable bonds is 2. The van der Waals surface area contributed by atoms with Crippen molar-refractivity contribution in [3.63, 3.8) is 0 Å². The maximum atomic E-state index is 10.5. The summed E-state index contributed by atoms with van der Waals surface area (Å²) in [5, 5.41) is 10.5. The molecule has 1 unspecified atom stereocenters. The van der Waals surface area contributed by atoms with Gasteiger partial charge in [-0.1, -0.05) is 37.6 Å². The molecule has 0 amide bonds. The Balaban J connectivity index is 2.32. The molecule has 2 aliphatic carbocycles. The molecule has 0 radical (unpaired) electrons. The van der Waals surface area contributed by atoms with Crippen molar-refractivity contribution in [2.24, 2.45) is 17.3 Å². The third kappa shape index (κ3) is 2.28. The SMILES string of the molecule is C=C(C)C1CCC2=C[C@](O)(CCl)C[C@@H](C)[C@]2(C)C1. The summed E-state index contributed by atoms with van der Waals surface area (Å²) in [6.07, 6.45) is 6.27. The molecule has 1 saturated carbocycles. The predicted molar refractivity (Wildman–Crippen MR) is 77.8 cm³/mol. The topological polar surface area (TPSA) is 20.2 Å². The van der Waals surface area contributed by atoms with Gasteiger partial charge in [-0.05, 0) is 49.9 Å². The normalized spacial score (nSPS) is 44.2. The fraction of sp³-hybridized carbons (Fsp3) is 0.750. The van der Waals surface area contributed by atoms with E-state index in [4.69, 9.17) is 11.6 Å². The summed E-state index contributed by atoms with van der Waals surface area (Å²) in [4.78, 5) is 0. The smallest absolute Gasteiger partial charge is 0.0968 e. The molecule has 2 heteroatoms. The number of aliphatic hydroxyl groups is 1. The lowest BCUT2D eigenvalue weighted by atomic mass is 9.56. The van der Waals surface area contributed by atoms with Crippen molar-refractivity contribution in [3.05, 3.63) is 23.8 Å². The van der Waals surface area contributed by atoms with Gasteiger partial charge in [-0.2, -0.15) is 0 Å². The molecule has 1 fully saturated rings. The fourth-order valence-electron chi connectivity index (χ4n) is 3.77. The van der Waals surface area contributed by atoms with Gasteiger partial charge in [0.05, 0.1) is 11.5 Å². The van der Waals surface area contributed by atoms with Gasteiger partial charge in [0.15, 0.2) is 0 Å². The number of hydrogen-bond acceptors (Lipinski definition) is 1. The van der Waals surface area contributed by atoms with E-state index < -0.39 is 5.60 Å². The van der Waals surface area contributed by atoms with Gasteiger partial charge < -0.3 is 5.11 Å². The third-order valence-corrected chi connectivity index (χ3v) is 5.75. The molecule has 1 nitrogen and oxygen atoms in total. The Bertz CT molecular complexity index is 387. The Hall–Kier alpha value is -0.270. The van der Waals surface area contributed by atoms with Gasteiger partial charge in [0, 0.05) is 0 Å². The summed E-state index contributed by atoms with van der Waals surface area (Å²) in [5.41, 5.74) is 2.16. The maximum absolute atomic E-state index is 10.5. The van der Waals surface area contributed by atoms with Crippen LogP contribution in [0, 0.1) is 17.3 Å². The Kier molecular flexibility index (Phi) is 3.68. The summed E-state index contributed by atoms with van der Waals surface area (Å²) < 4.78 is 0. The van der Waals surface area contributed by atoms with Crippen LogP contribution in [0.15, 0.2) is 23.8 Å². The highest BCUT2D eigenvalue weighted by Crippen LogP contribution is 2.54. The molecule has 0 bridgehead atoms. The predicted octanol–water partition coefficient (Wildman–Crippen LogP) is 4.31. The molecule has 18 heavy (non-hydrogen) atoms. The summed E-state index contributed by atoms with van der Waals surface area (Å²) in [7, 11) is 0.